The maximum absolute atomic E-state index is 12.0. The molecule has 6 nitrogen and oxygen atoms in total. The number of carbonyl (C=O) groups is 2. The Morgan fingerprint density at radius 1 is 1.21 bits per heavy atom. The third kappa shape index (κ3) is 4.38. The summed E-state index contributed by atoms with van der Waals surface area (Å²) in [4.78, 5) is 25.2. The Morgan fingerprint density at radius 3 is 2.37 bits per heavy atom. The molecule has 1 rings (SSSR count). The van der Waals surface area contributed by atoms with Crippen LogP contribution in [-0.4, -0.2) is 48.3 Å². The maximum Gasteiger partial charge on any atom is 0.410 e. The monoisotopic (exact) mass is 272 g/mol. The van der Waals surface area contributed by atoms with Gasteiger partial charge in [-0.25, -0.2) is 4.79 Å². The Kier molecular flexibility index (Phi) is 4.79. The highest BCUT2D eigenvalue weighted by Gasteiger charge is 2.38. The van der Waals surface area contributed by atoms with Crippen LogP contribution in [0.1, 0.15) is 40.0 Å². The molecule has 0 aromatic heterocycles. The van der Waals surface area contributed by atoms with E-state index in [9.17, 15) is 9.59 Å². The Morgan fingerprint density at radius 2 is 1.84 bits per heavy atom. The molecule has 0 bridgehead atoms. The van der Waals surface area contributed by atoms with E-state index in [1.807, 2.05) is 20.8 Å². The zero-order valence-corrected chi connectivity index (χ0v) is 12.2. The van der Waals surface area contributed by atoms with Gasteiger partial charge in [0.15, 0.2) is 0 Å². The smallest absolute Gasteiger partial charge is 0.410 e. The number of ether oxygens (including phenoxy) is 2. The van der Waals surface area contributed by atoms with Gasteiger partial charge in [0.05, 0.1) is 7.11 Å². The van der Waals surface area contributed by atoms with E-state index in [1.165, 1.54) is 7.11 Å². The number of methoxy groups -OCH3 is 1. The van der Waals surface area contributed by atoms with E-state index in [0.29, 0.717) is 32.4 Å². The Balaban J connectivity index is 2.64. The van der Waals surface area contributed by atoms with Crippen molar-refractivity contribution >= 4 is 12.1 Å². The van der Waals surface area contributed by atoms with Crippen molar-refractivity contribution in [1.29, 1.82) is 0 Å². The lowest BCUT2D eigenvalue weighted by atomic mass is 9.92. The third-order valence-corrected chi connectivity index (χ3v) is 3.12. The van der Waals surface area contributed by atoms with E-state index >= 15 is 0 Å². The van der Waals surface area contributed by atoms with Crippen LogP contribution in [-0.2, 0) is 14.3 Å². The average Bonchev–Trinajstić information content (AvgIpc) is 2.49. The zero-order valence-electron chi connectivity index (χ0n) is 12.2. The molecule has 1 fully saturated rings. The van der Waals surface area contributed by atoms with Crippen LogP contribution in [0.25, 0.3) is 0 Å². The van der Waals surface area contributed by atoms with Crippen LogP contribution in [0.4, 0.5) is 4.79 Å². The van der Waals surface area contributed by atoms with E-state index in [0.717, 1.165) is 0 Å². The summed E-state index contributed by atoms with van der Waals surface area (Å²) in [5.41, 5.74) is 4.53. The van der Waals surface area contributed by atoms with E-state index in [-0.39, 0.29) is 6.09 Å². The van der Waals surface area contributed by atoms with Gasteiger partial charge in [0.2, 0.25) is 0 Å². The molecule has 0 aliphatic carbocycles. The number of likely N-dealkylation sites (tertiary alicyclic amines) is 1. The molecule has 1 heterocycles. The molecular weight excluding hydrogens is 248 g/mol. The molecule has 0 aromatic carbocycles. The molecular formula is C13H24N2O4. The number of hydrogen-bond acceptors (Lipinski definition) is 5. The summed E-state index contributed by atoms with van der Waals surface area (Å²) in [5, 5.41) is 0. The van der Waals surface area contributed by atoms with E-state index < -0.39 is 17.1 Å². The first-order valence-corrected chi connectivity index (χ1v) is 6.53. The number of nitrogens with zero attached hydrogens (tertiary/aromatic N) is 1. The summed E-state index contributed by atoms with van der Waals surface area (Å²) in [6.45, 7) is 6.42. The SMILES string of the molecule is COC(=O)C1(N)CCCN(C(=O)OC(C)(C)C)CC1. The van der Waals surface area contributed by atoms with Gasteiger partial charge in [-0.2, -0.15) is 0 Å². The first-order chi connectivity index (χ1) is 8.68. The highest BCUT2D eigenvalue weighted by atomic mass is 16.6. The minimum Gasteiger partial charge on any atom is -0.468 e. The summed E-state index contributed by atoms with van der Waals surface area (Å²) in [7, 11) is 1.33. The average molecular weight is 272 g/mol. The van der Waals surface area contributed by atoms with Crippen molar-refractivity contribution in [2.45, 2.75) is 51.2 Å². The van der Waals surface area contributed by atoms with Crippen LogP contribution in [0.5, 0.6) is 0 Å². The van der Waals surface area contributed by atoms with Crippen molar-refractivity contribution in [3.8, 4) is 0 Å². The number of nitrogens with two attached hydrogens (primary N) is 1. The predicted octanol–water partition coefficient (Wildman–Crippen LogP) is 1.28. The summed E-state index contributed by atoms with van der Waals surface area (Å²) in [5.74, 6) is -0.418. The second-order valence-electron chi connectivity index (χ2n) is 5.97. The van der Waals surface area contributed by atoms with Gasteiger partial charge in [0.1, 0.15) is 11.1 Å². The normalized spacial score (nSPS) is 24.6. The van der Waals surface area contributed by atoms with Crippen molar-refractivity contribution in [2.75, 3.05) is 20.2 Å². The van der Waals surface area contributed by atoms with Crippen molar-refractivity contribution in [2.24, 2.45) is 5.73 Å². The Labute approximate surface area is 114 Å². The van der Waals surface area contributed by atoms with E-state index in [4.69, 9.17) is 15.2 Å². The van der Waals surface area contributed by atoms with Crippen molar-refractivity contribution in [3.05, 3.63) is 0 Å². The molecule has 1 atom stereocenters. The van der Waals surface area contributed by atoms with Crippen molar-refractivity contribution in [1.82, 2.24) is 4.90 Å². The number of amides is 1. The van der Waals surface area contributed by atoms with Crippen LogP contribution in [0, 0.1) is 0 Å². The van der Waals surface area contributed by atoms with Crippen LogP contribution in [0.2, 0.25) is 0 Å². The molecule has 0 spiro atoms. The number of hydrogen-bond donors (Lipinski definition) is 1. The number of esters is 1. The molecule has 19 heavy (non-hydrogen) atoms. The van der Waals surface area contributed by atoms with Gasteiger partial charge < -0.3 is 20.1 Å². The zero-order chi connectivity index (χ0) is 14.7. The minimum absolute atomic E-state index is 0.360. The van der Waals surface area contributed by atoms with Gasteiger partial charge in [0.25, 0.3) is 0 Å². The fourth-order valence-electron chi connectivity index (χ4n) is 2.07. The highest BCUT2D eigenvalue weighted by Crippen LogP contribution is 2.22. The molecule has 1 aliphatic rings. The Bertz CT molecular complexity index is 351. The quantitative estimate of drug-likeness (QED) is 0.727. The minimum atomic E-state index is -0.995. The third-order valence-electron chi connectivity index (χ3n) is 3.12. The molecule has 2 N–H and O–H groups in total. The molecule has 0 aromatic rings. The molecule has 110 valence electrons. The summed E-state index contributed by atoms with van der Waals surface area (Å²) in [6, 6.07) is 0. The number of carbonyl (C=O) groups excluding carboxylic acids is 2. The highest BCUT2D eigenvalue weighted by molar-refractivity contribution is 5.80. The fourth-order valence-corrected chi connectivity index (χ4v) is 2.07. The van der Waals surface area contributed by atoms with Gasteiger partial charge in [-0.1, -0.05) is 0 Å². The topological polar surface area (TPSA) is 81.9 Å². The number of rotatable bonds is 1. The molecule has 1 saturated heterocycles. The van der Waals surface area contributed by atoms with Crippen molar-refractivity contribution in [3.63, 3.8) is 0 Å². The maximum atomic E-state index is 12.0. The molecule has 0 saturated carbocycles. The van der Waals surface area contributed by atoms with Gasteiger partial charge in [-0.15, -0.1) is 0 Å². The molecule has 0 radical (unpaired) electrons. The second-order valence-corrected chi connectivity index (χ2v) is 5.97. The summed E-state index contributed by atoms with van der Waals surface area (Å²) in [6.07, 6.45) is 1.20. The molecule has 1 aliphatic heterocycles. The van der Waals surface area contributed by atoms with Gasteiger partial charge in [-0.05, 0) is 40.0 Å². The summed E-state index contributed by atoms with van der Waals surface area (Å²) >= 11 is 0. The second kappa shape index (κ2) is 5.77. The predicted molar refractivity (Wildman–Crippen MR) is 70.6 cm³/mol. The van der Waals surface area contributed by atoms with E-state index in [1.54, 1.807) is 4.90 Å². The lowest BCUT2D eigenvalue weighted by Gasteiger charge is -2.27. The van der Waals surface area contributed by atoms with Gasteiger partial charge >= 0.3 is 12.1 Å². The molecule has 1 unspecified atom stereocenters. The van der Waals surface area contributed by atoms with Crippen LogP contribution < -0.4 is 5.73 Å². The summed E-state index contributed by atoms with van der Waals surface area (Å²) < 4.78 is 10.0. The van der Waals surface area contributed by atoms with Gasteiger partial charge in [-0.3, -0.25) is 4.79 Å². The Hall–Kier alpha value is -1.30. The molecule has 1 amide bonds. The lowest BCUT2D eigenvalue weighted by molar-refractivity contribution is -0.147. The first-order valence-electron chi connectivity index (χ1n) is 6.53. The van der Waals surface area contributed by atoms with E-state index in [2.05, 4.69) is 0 Å². The van der Waals surface area contributed by atoms with Crippen LogP contribution in [0.3, 0.4) is 0 Å². The lowest BCUT2D eigenvalue weighted by Crippen LogP contribution is -2.49. The largest absolute Gasteiger partial charge is 0.468 e. The fraction of sp³-hybridized carbons (Fsp3) is 0.846. The van der Waals surface area contributed by atoms with Gasteiger partial charge in [0, 0.05) is 13.1 Å². The van der Waals surface area contributed by atoms with Crippen molar-refractivity contribution < 1.29 is 19.1 Å². The van der Waals surface area contributed by atoms with Crippen LogP contribution >= 0.6 is 0 Å². The van der Waals surface area contributed by atoms with Crippen LogP contribution in [0.15, 0.2) is 0 Å². The molecule has 6 heteroatoms. The first kappa shape index (κ1) is 15.8. The standard InChI is InChI=1S/C13H24N2O4/c1-12(2,3)19-11(17)15-8-5-6-13(14,7-9-15)10(16)18-4/h5-9,14H2,1-4H3.